The zero-order valence-corrected chi connectivity index (χ0v) is 12.8. The van der Waals surface area contributed by atoms with Crippen molar-refractivity contribution in [2.24, 2.45) is 0 Å². The highest BCUT2D eigenvalue weighted by molar-refractivity contribution is 7.09. The van der Waals surface area contributed by atoms with Crippen molar-refractivity contribution < 1.29 is 9.31 Å². The van der Waals surface area contributed by atoms with Crippen molar-refractivity contribution in [3.8, 4) is 0 Å². The maximum atomic E-state index is 13.7. The fourth-order valence-electron chi connectivity index (χ4n) is 2.06. The van der Waals surface area contributed by atoms with Crippen LogP contribution in [0.5, 0.6) is 0 Å². The summed E-state index contributed by atoms with van der Waals surface area (Å²) in [7, 11) is 0. The van der Waals surface area contributed by atoms with Crippen LogP contribution in [-0.4, -0.2) is 15.9 Å². The molecule has 1 aromatic heterocycles. The minimum absolute atomic E-state index is 0.297. The highest BCUT2D eigenvalue weighted by atomic mass is 32.1. The second-order valence-electron chi connectivity index (χ2n) is 5.12. The van der Waals surface area contributed by atoms with E-state index in [-0.39, 0.29) is 0 Å². The maximum Gasteiger partial charge on any atom is 0.304 e. The summed E-state index contributed by atoms with van der Waals surface area (Å²) in [5, 5.41) is 12.7. The molecule has 0 spiro atoms. The van der Waals surface area contributed by atoms with Gasteiger partial charge in [-0.15, -0.1) is 11.3 Å². The minimum atomic E-state index is -0.780. The number of nitrogens with zero attached hydrogens (tertiary/aromatic N) is 2. The molecule has 1 heterocycles. The second-order valence-corrected chi connectivity index (χ2v) is 6.15. The quantitative estimate of drug-likeness (QED) is 0.593. The van der Waals surface area contributed by atoms with Crippen LogP contribution in [0.2, 0.25) is 0 Å². The van der Waals surface area contributed by atoms with Crippen molar-refractivity contribution in [3.63, 3.8) is 0 Å². The molecule has 1 aromatic carbocycles. The number of thiophene rings is 1. The average Bonchev–Trinajstić information content (AvgIpc) is 2.90. The molecule has 0 atom stereocenters. The summed E-state index contributed by atoms with van der Waals surface area (Å²) >= 11 is 1.68. The van der Waals surface area contributed by atoms with Crippen LogP contribution in [-0.2, 0) is 13.1 Å². The monoisotopic (exact) mass is 308 g/mol. The van der Waals surface area contributed by atoms with E-state index in [1.54, 1.807) is 17.4 Å². The second kappa shape index (κ2) is 6.78. The molecular formula is C15H17FN2O2S. The molecule has 4 nitrogen and oxygen atoms in total. The first-order valence-electron chi connectivity index (χ1n) is 6.66. The largest absolute Gasteiger partial charge is 0.304 e. The normalized spacial score (nSPS) is 11.3. The number of halogens is 1. The van der Waals surface area contributed by atoms with Crippen molar-refractivity contribution in [3.05, 3.63) is 62.1 Å². The van der Waals surface area contributed by atoms with Crippen LogP contribution in [0.4, 0.5) is 10.1 Å². The summed E-state index contributed by atoms with van der Waals surface area (Å²) in [5.41, 5.74) is 0.261. The highest BCUT2D eigenvalue weighted by Crippen LogP contribution is 2.21. The van der Waals surface area contributed by atoms with Crippen molar-refractivity contribution in [2.45, 2.75) is 33.0 Å². The van der Waals surface area contributed by atoms with Gasteiger partial charge < -0.3 is 0 Å². The predicted octanol–water partition coefficient (Wildman–Crippen LogP) is 4.21. The predicted molar refractivity (Wildman–Crippen MR) is 81.8 cm³/mol. The lowest BCUT2D eigenvalue weighted by molar-refractivity contribution is -0.387. The van der Waals surface area contributed by atoms with Crippen molar-refractivity contribution in [1.29, 1.82) is 0 Å². The number of nitro benzene ring substituents is 1. The van der Waals surface area contributed by atoms with Gasteiger partial charge in [0.1, 0.15) is 0 Å². The Kier molecular flexibility index (Phi) is 5.03. The summed E-state index contributed by atoms with van der Waals surface area (Å²) in [4.78, 5) is 13.4. The minimum Gasteiger partial charge on any atom is -0.292 e. The third-order valence-electron chi connectivity index (χ3n) is 3.26. The van der Waals surface area contributed by atoms with Gasteiger partial charge in [0.05, 0.1) is 4.92 Å². The van der Waals surface area contributed by atoms with E-state index in [2.05, 4.69) is 24.8 Å². The summed E-state index contributed by atoms with van der Waals surface area (Å²) in [6, 6.07) is 8.47. The molecule has 0 saturated carbocycles. The van der Waals surface area contributed by atoms with E-state index in [0.717, 1.165) is 12.1 Å². The molecule has 2 rings (SSSR count). The molecule has 6 heteroatoms. The Hall–Kier alpha value is -1.79. The van der Waals surface area contributed by atoms with Gasteiger partial charge in [-0.05, 0) is 36.9 Å². The lowest BCUT2D eigenvalue weighted by Crippen LogP contribution is -2.29. The zero-order valence-electron chi connectivity index (χ0n) is 12.0. The molecule has 0 aliphatic heterocycles. The molecular weight excluding hydrogens is 291 g/mol. The van der Waals surface area contributed by atoms with Crippen LogP contribution in [0.3, 0.4) is 0 Å². The van der Waals surface area contributed by atoms with Crippen molar-refractivity contribution in [2.75, 3.05) is 0 Å². The third-order valence-corrected chi connectivity index (χ3v) is 4.12. The fraction of sp³-hybridized carbons (Fsp3) is 0.333. The van der Waals surface area contributed by atoms with Gasteiger partial charge in [0.25, 0.3) is 0 Å². The van der Waals surface area contributed by atoms with E-state index in [9.17, 15) is 14.5 Å². The van der Waals surface area contributed by atoms with Gasteiger partial charge in [-0.25, -0.2) is 0 Å². The van der Waals surface area contributed by atoms with Gasteiger partial charge in [0, 0.05) is 30.1 Å². The van der Waals surface area contributed by atoms with E-state index < -0.39 is 16.4 Å². The topological polar surface area (TPSA) is 46.4 Å². The summed E-state index contributed by atoms with van der Waals surface area (Å²) in [6.45, 7) is 5.50. The van der Waals surface area contributed by atoms with Crippen LogP contribution in [0.1, 0.15) is 24.3 Å². The molecule has 0 unspecified atom stereocenters. The Morgan fingerprint density at radius 1 is 1.33 bits per heavy atom. The Morgan fingerprint density at radius 3 is 2.62 bits per heavy atom. The first-order chi connectivity index (χ1) is 9.97. The molecule has 2 aromatic rings. The molecule has 0 aliphatic carbocycles. The molecule has 0 aliphatic rings. The Balaban J connectivity index is 2.13. The third kappa shape index (κ3) is 4.09. The smallest absolute Gasteiger partial charge is 0.292 e. The molecule has 0 saturated heterocycles. The van der Waals surface area contributed by atoms with E-state index in [1.807, 2.05) is 11.4 Å². The SMILES string of the molecule is CC(C)N(Cc1ccc([N+](=O)[O-])c(F)c1)Cc1cccs1. The summed E-state index contributed by atoms with van der Waals surface area (Å²) in [6.07, 6.45) is 0. The molecule has 0 amide bonds. The van der Waals surface area contributed by atoms with E-state index >= 15 is 0 Å². The molecule has 112 valence electrons. The Morgan fingerprint density at radius 2 is 2.10 bits per heavy atom. The lowest BCUT2D eigenvalue weighted by atomic mass is 10.1. The van der Waals surface area contributed by atoms with Crippen LogP contribution in [0.25, 0.3) is 0 Å². The Labute approximate surface area is 127 Å². The highest BCUT2D eigenvalue weighted by Gasteiger charge is 2.16. The fourth-order valence-corrected chi connectivity index (χ4v) is 2.78. The number of hydrogen-bond donors (Lipinski definition) is 0. The molecule has 0 N–H and O–H groups in total. The lowest BCUT2D eigenvalue weighted by Gasteiger charge is -2.26. The van der Waals surface area contributed by atoms with Crippen LogP contribution >= 0.6 is 11.3 Å². The molecule has 21 heavy (non-hydrogen) atoms. The average molecular weight is 308 g/mol. The maximum absolute atomic E-state index is 13.7. The zero-order chi connectivity index (χ0) is 15.4. The Bertz CT molecular complexity index is 614. The first kappa shape index (κ1) is 15.6. The van der Waals surface area contributed by atoms with Gasteiger partial charge in [-0.3, -0.25) is 15.0 Å². The molecule has 0 radical (unpaired) electrons. The van der Waals surface area contributed by atoms with Gasteiger partial charge in [-0.1, -0.05) is 12.1 Å². The number of nitro groups is 1. The first-order valence-corrected chi connectivity index (χ1v) is 7.54. The standard InChI is InChI=1S/C15H17FN2O2S/c1-11(2)17(10-13-4-3-7-21-13)9-12-5-6-15(18(19)20)14(16)8-12/h3-8,11H,9-10H2,1-2H3. The van der Waals surface area contributed by atoms with Crippen molar-refractivity contribution in [1.82, 2.24) is 4.90 Å². The molecule has 0 bridgehead atoms. The van der Waals surface area contributed by atoms with Crippen LogP contribution in [0.15, 0.2) is 35.7 Å². The number of hydrogen-bond acceptors (Lipinski definition) is 4. The van der Waals surface area contributed by atoms with E-state index in [1.165, 1.54) is 17.0 Å². The van der Waals surface area contributed by atoms with Gasteiger partial charge in [-0.2, -0.15) is 4.39 Å². The van der Waals surface area contributed by atoms with E-state index in [0.29, 0.717) is 12.6 Å². The summed E-state index contributed by atoms with van der Waals surface area (Å²) in [5.74, 6) is -0.780. The van der Waals surface area contributed by atoms with E-state index in [4.69, 9.17) is 0 Å². The van der Waals surface area contributed by atoms with Crippen LogP contribution < -0.4 is 0 Å². The summed E-state index contributed by atoms with van der Waals surface area (Å²) < 4.78 is 13.7. The number of benzene rings is 1. The molecule has 0 fully saturated rings. The van der Waals surface area contributed by atoms with Crippen LogP contribution in [0, 0.1) is 15.9 Å². The van der Waals surface area contributed by atoms with Crippen molar-refractivity contribution >= 4 is 17.0 Å². The van der Waals surface area contributed by atoms with Gasteiger partial charge >= 0.3 is 5.69 Å². The van der Waals surface area contributed by atoms with Gasteiger partial charge in [0.2, 0.25) is 5.82 Å². The van der Waals surface area contributed by atoms with Gasteiger partial charge in [0.15, 0.2) is 0 Å². The number of rotatable bonds is 6.